The summed E-state index contributed by atoms with van der Waals surface area (Å²) in [6, 6.07) is 4.68. The van der Waals surface area contributed by atoms with Gasteiger partial charge >= 0.3 is 0 Å². The second kappa shape index (κ2) is 9.87. The van der Waals surface area contributed by atoms with Crippen LogP contribution in [0.4, 0.5) is 5.69 Å². The number of benzene rings is 1. The van der Waals surface area contributed by atoms with Gasteiger partial charge in [0.15, 0.2) is 0 Å². The highest BCUT2D eigenvalue weighted by molar-refractivity contribution is 6.32. The molecule has 0 radical (unpaired) electrons. The van der Waals surface area contributed by atoms with Gasteiger partial charge in [0.05, 0.1) is 17.7 Å². The average molecular weight is 335 g/mol. The van der Waals surface area contributed by atoms with Crippen LogP contribution in [0.2, 0.25) is 5.02 Å². The minimum atomic E-state index is -0.509. The smallest absolute Gasteiger partial charge is 0.241 e. The number of anilines is 1. The average Bonchev–Trinajstić information content (AvgIpc) is 2.37. The molecule has 120 valence electrons. The third-order valence-electron chi connectivity index (χ3n) is 2.72. The van der Waals surface area contributed by atoms with Crippen LogP contribution < -0.4 is 15.8 Å². The van der Waals surface area contributed by atoms with Crippen LogP contribution in [-0.4, -0.2) is 18.6 Å². The fourth-order valence-electron chi connectivity index (χ4n) is 1.76. The molecule has 0 saturated carbocycles. The Kier molecular flexibility index (Phi) is 9.42. The van der Waals surface area contributed by atoms with Crippen molar-refractivity contribution < 1.29 is 9.53 Å². The molecule has 0 unspecified atom stereocenters. The maximum absolute atomic E-state index is 11.9. The van der Waals surface area contributed by atoms with Gasteiger partial charge in [0, 0.05) is 5.69 Å². The molecular formula is C15H24Cl2N2O2. The number of nitrogens with one attached hydrogen (secondary N) is 1. The molecule has 1 rings (SSSR count). The first-order valence-electron chi connectivity index (χ1n) is 6.92. The predicted octanol–water partition coefficient (Wildman–Crippen LogP) is 3.86. The zero-order valence-electron chi connectivity index (χ0n) is 12.7. The van der Waals surface area contributed by atoms with Gasteiger partial charge in [0.2, 0.25) is 5.91 Å². The van der Waals surface area contributed by atoms with Crippen molar-refractivity contribution in [3.63, 3.8) is 0 Å². The fourth-order valence-corrected chi connectivity index (χ4v) is 1.99. The minimum Gasteiger partial charge on any atom is -0.492 e. The lowest BCUT2D eigenvalue weighted by Crippen LogP contribution is -2.36. The highest BCUT2D eigenvalue weighted by atomic mass is 35.5. The van der Waals surface area contributed by atoms with E-state index in [1.54, 1.807) is 18.2 Å². The Labute approximate surface area is 137 Å². The molecule has 0 aliphatic rings. The quantitative estimate of drug-likeness (QED) is 0.795. The summed E-state index contributed by atoms with van der Waals surface area (Å²) in [5.41, 5.74) is 6.46. The first-order chi connectivity index (χ1) is 9.43. The number of nitrogens with two attached hydrogens (primary N) is 1. The summed E-state index contributed by atoms with van der Waals surface area (Å²) < 4.78 is 5.48. The van der Waals surface area contributed by atoms with E-state index >= 15 is 0 Å². The molecule has 0 aromatic heterocycles. The normalized spacial score (nSPS) is 11.7. The van der Waals surface area contributed by atoms with E-state index in [1.165, 1.54) is 0 Å². The van der Waals surface area contributed by atoms with Crippen molar-refractivity contribution in [2.24, 2.45) is 11.7 Å². The molecule has 0 heterocycles. The van der Waals surface area contributed by atoms with E-state index in [-0.39, 0.29) is 18.3 Å². The lowest BCUT2D eigenvalue weighted by molar-refractivity contribution is -0.117. The Morgan fingerprint density at radius 2 is 2.10 bits per heavy atom. The van der Waals surface area contributed by atoms with Gasteiger partial charge in [-0.1, -0.05) is 32.4 Å². The number of amides is 1. The van der Waals surface area contributed by atoms with E-state index in [2.05, 4.69) is 5.32 Å². The zero-order valence-corrected chi connectivity index (χ0v) is 14.3. The maximum Gasteiger partial charge on any atom is 0.241 e. The largest absolute Gasteiger partial charge is 0.492 e. The van der Waals surface area contributed by atoms with E-state index in [0.717, 1.165) is 6.42 Å². The van der Waals surface area contributed by atoms with Crippen molar-refractivity contribution in [2.75, 3.05) is 11.9 Å². The number of halogens is 2. The lowest BCUT2D eigenvalue weighted by Gasteiger charge is -2.15. The third-order valence-corrected chi connectivity index (χ3v) is 3.02. The summed E-state index contributed by atoms with van der Waals surface area (Å²) in [4.78, 5) is 11.9. The highest BCUT2D eigenvalue weighted by Gasteiger charge is 2.15. The molecule has 4 nitrogen and oxygen atoms in total. The van der Waals surface area contributed by atoms with Crippen molar-refractivity contribution in [3.05, 3.63) is 23.2 Å². The van der Waals surface area contributed by atoms with Gasteiger partial charge in [0.25, 0.3) is 0 Å². The van der Waals surface area contributed by atoms with Crippen LogP contribution in [0.5, 0.6) is 5.75 Å². The first kappa shape index (κ1) is 20.0. The van der Waals surface area contributed by atoms with Crippen LogP contribution in [0.1, 0.15) is 33.6 Å². The topological polar surface area (TPSA) is 64.3 Å². The number of carbonyl (C=O) groups excluding carboxylic acids is 1. The maximum atomic E-state index is 11.9. The Morgan fingerprint density at radius 1 is 1.43 bits per heavy atom. The molecule has 1 atom stereocenters. The molecule has 0 bridgehead atoms. The van der Waals surface area contributed by atoms with E-state index in [4.69, 9.17) is 22.1 Å². The van der Waals surface area contributed by atoms with Crippen LogP contribution >= 0.6 is 24.0 Å². The number of ether oxygens (including phenoxy) is 1. The molecule has 1 amide bonds. The summed E-state index contributed by atoms with van der Waals surface area (Å²) in [6.45, 7) is 6.71. The second-order valence-corrected chi connectivity index (χ2v) is 5.63. The lowest BCUT2D eigenvalue weighted by atomic mass is 10.0. The number of hydrogen-bond donors (Lipinski definition) is 2. The van der Waals surface area contributed by atoms with Crippen LogP contribution in [0, 0.1) is 5.92 Å². The summed E-state index contributed by atoms with van der Waals surface area (Å²) in [5.74, 6) is 0.805. The van der Waals surface area contributed by atoms with Crippen molar-refractivity contribution in [1.29, 1.82) is 0 Å². The van der Waals surface area contributed by atoms with Gasteiger partial charge in [-0.2, -0.15) is 0 Å². The Bertz CT molecular complexity index is 453. The van der Waals surface area contributed by atoms with Crippen LogP contribution in [0.3, 0.4) is 0 Å². The molecule has 0 fully saturated rings. The van der Waals surface area contributed by atoms with Gasteiger partial charge in [-0.15, -0.1) is 12.4 Å². The Balaban J connectivity index is 0.00000400. The van der Waals surface area contributed by atoms with Crippen molar-refractivity contribution in [1.82, 2.24) is 0 Å². The summed E-state index contributed by atoms with van der Waals surface area (Å²) in [6.07, 6.45) is 1.57. The summed E-state index contributed by atoms with van der Waals surface area (Å²) in [5, 5.41) is 3.25. The third kappa shape index (κ3) is 7.02. The highest BCUT2D eigenvalue weighted by Crippen LogP contribution is 2.27. The van der Waals surface area contributed by atoms with E-state index < -0.39 is 6.04 Å². The van der Waals surface area contributed by atoms with Gasteiger partial charge in [-0.25, -0.2) is 0 Å². The Hall–Kier alpha value is -0.970. The second-order valence-electron chi connectivity index (χ2n) is 5.22. The van der Waals surface area contributed by atoms with Gasteiger partial charge in [-0.3, -0.25) is 4.79 Å². The predicted molar refractivity (Wildman–Crippen MR) is 90.5 cm³/mol. The van der Waals surface area contributed by atoms with Crippen LogP contribution in [0.15, 0.2) is 18.2 Å². The molecule has 6 heteroatoms. The van der Waals surface area contributed by atoms with E-state index in [9.17, 15) is 4.79 Å². The monoisotopic (exact) mass is 334 g/mol. The summed E-state index contributed by atoms with van der Waals surface area (Å²) in [7, 11) is 0. The molecule has 0 spiro atoms. The molecule has 3 N–H and O–H groups in total. The number of carbonyl (C=O) groups is 1. The molecule has 0 aliphatic heterocycles. The molecular weight excluding hydrogens is 311 g/mol. The fraction of sp³-hybridized carbons (Fsp3) is 0.533. The first-order valence-corrected chi connectivity index (χ1v) is 7.30. The van der Waals surface area contributed by atoms with Crippen LogP contribution in [0.25, 0.3) is 0 Å². The van der Waals surface area contributed by atoms with Crippen LogP contribution in [-0.2, 0) is 4.79 Å². The van der Waals surface area contributed by atoms with Crippen molar-refractivity contribution in [2.45, 2.75) is 39.7 Å². The molecule has 21 heavy (non-hydrogen) atoms. The van der Waals surface area contributed by atoms with Gasteiger partial charge in [-0.05, 0) is 37.0 Å². The van der Waals surface area contributed by atoms with Crippen molar-refractivity contribution in [3.8, 4) is 5.75 Å². The standard InChI is InChI=1S/C15H23ClN2O2.ClH/c1-4-7-20-14-6-5-11(9-12(14)16)18-15(19)13(17)8-10(2)3;/h5-6,9-10,13H,4,7-8,17H2,1-3H3,(H,18,19);1H/t13-;/m0./s1. The number of rotatable bonds is 7. The SMILES string of the molecule is CCCOc1ccc(NC(=O)[C@@H](N)CC(C)C)cc1Cl.Cl. The molecule has 0 aliphatic carbocycles. The minimum absolute atomic E-state index is 0. The van der Waals surface area contributed by atoms with Crippen molar-refractivity contribution >= 4 is 35.6 Å². The molecule has 0 saturated heterocycles. The zero-order chi connectivity index (χ0) is 15.1. The van der Waals surface area contributed by atoms with Gasteiger partial charge < -0.3 is 15.8 Å². The molecule has 1 aromatic rings. The van der Waals surface area contributed by atoms with Gasteiger partial charge in [0.1, 0.15) is 5.75 Å². The molecule has 1 aromatic carbocycles. The summed E-state index contributed by atoms with van der Waals surface area (Å²) >= 11 is 6.10. The number of hydrogen-bond acceptors (Lipinski definition) is 3. The van der Waals surface area contributed by atoms with E-state index in [0.29, 0.717) is 35.4 Å². The van der Waals surface area contributed by atoms with E-state index in [1.807, 2.05) is 20.8 Å². The Morgan fingerprint density at radius 3 is 2.62 bits per heavy atom.